The zero-order chi connectivity index (χ0) is 26.1. The molecule has 0 bridgehead atoms. The average molecular weight is 568 g/mol. The number of fused-ring (bicyclic) bond motifs is 1. The van der Waals surface area contributed by atoms with Crippen molar-refractivity contribution in [3.63, 3.8) is 0 Å². The number of benzene rings is 3. The van der Waals surface area contributed by atoms with E-state index in [-0.39, 0.29) is 5.91 Å². The summed E-state index contributed by atoms with van der Waals surface area (Å²) in [5.74, 6) is 0.695. The van der Waals surface area contributed by atoms with Crippen LogP contribution in [0.4, 0.5) is 0 Å². The number of thioether (sulfide) groups is 1. The second-order valence-corrected chi connectivity index (χ2v) is 11.2. The van der Waals surface area contributed by atoms with Gasteiger partial charge in [0.25, 0.3) is 5.91 Å². The number of hydrogen-bond donors (Lipinski definition) is 0. The minimum Gasteiger partial charge on any atom is -0.497 e. The van der Waals surface area contributed by atoms with E-state index in [9.17, 15) is 4.79 Å². The molecule has 1 aliphatic rings. The minimum atomic E-state index is -0.0807. The number of carbonyl (C=O) groups is 1. The van der Waals surface area contributed by atoms with Crippen LogP contribution in [0.25, 0.3) is 17.0 Å². The van der Waals surface area contributed by atoms with Gasteiger partial charge in [0.05, 0.1) is 34.1 Å². The summed E-state index contributed by atoms with van der Waals surface area (Å²) in [6.07, 6.45) is 4.95. The smallest absolute Gasteiger partial charge is 0.266 e. The highest BCUT2D eigenvalue weighted by molar-refractivity contribution is 8.26. The molecule has 188 valence electrons. The highest BCUT2D eigenvalue weighted by Gasteiger charge is 2.32. The van der Waals surface area contributed by atoms with Gasteiger partial charge in [-0.2, -0.15) is 0 Å². The van der Waals surface area contributed by atoms with Crippen LogP contribution in [0.2, 0.25) is 10.0 Å². The molecule has 5 rings (SSSR count). The summed E-state index contributed by atoms with van der Waals surface area (Å²) in [6.45, 7) is 3.21. The van der Waals surface area contributed by atoms with E-state index < -0.39 is 0 Å². The molecule has 0 N–H and O–H groups in total. The van der Waals surface area contributed by atoms with Crippen LogP contribution < -0.4 is 4.74 Å². The molecule has 1 aromatic heterocycles. The molecule has 4 nitrogen and oxygen atoms in total. The van der Waals surface area contributed by atoms with Crippen molar-refractivity contribution < 1.29 is 9.53 Å². The summed E-state index contributed by atoms with van der Waals surface area (Å²) in [5.41, 5.74) is 5.41. The molecule has 1 aliphatic heterocycles. The fourth-order valence-electron chi connectivity index (χ4n) is 4.52. The Kier molecular flexibility index (Phi) is 7.63. The van der Waals surface area contributed by atoms with Crippen LogP contribution in [0.1, 0.15) is 29.2 Å². The number of thiocarbonyl (C=S) groups is 1. The standard InChI is InChI=1S/C29H24Cl2N2O2S2/c1-3-20-5-4-6-23-21(17-32(27(20)23)15-19-9-12-24(30)25(31)13-19)14-26-28(34)33(29(36)37-26)16-18-7-10-22(35-2)11-8-18/h4-14,17H,3,15-16H2,1-2H3/b26-14-. The molecular weight excluding hydrogens is 543 g/mol. The van der Waals surface area contributed by atoms with Gasteiger partial charge in [0, 0.05) is 23.7 Å². The monoisotopic (exact) mass is 566 g/mol. The number of carbonyl (C=O) groups excluding carboxylic acids is 1. The molecule has 1 amide bonds. The number of amides is 1. The highest BCUT2D eigenvalue weighted by atomic mass is 35.5. The summed E-state index contributed by atoms with van der Waals surface area (Å²) >= 11 is 19.3. The maximum atomic E-state index is 13.4. The minimum absolute atomic E-state index is 0.0807. The summed E-state index contributed by atoms with van der Waals surface area (Å²) in [6, 6.07) is 19.7. The zero-order valence-corrected chi connectivity index (χ0v) is 23.5. The Labute approximate surface area is 235 Å². The first-order valence-electron chi connectivity index (χ1n) is 11.8. The van der Waals surface area contributed by atoms with Gasteiger partial charge in [0.2, 0.25) is 0 Å². The second-order valence-electron chi connectivity index (χ2n) is 8.74. The van der Waals surface area contributed by atoms with E-state index in [1.165, 1.54) is 17.3 Å². The molecule has 0 unspecified atom stereocenters. The van der Waals surface area contributed by atoms with Gasteiger partial charge in [0.15, 0.2) is 0 Å². The van der Waals surface area contributed by atoms with Crippen molar-refractivity contribution in [2.75, 3.05) is 7.11 Å². The summed E-state index contributed by atoms with van der Waals surface area (Å²) in [4.78, 5) is 15.6. The van der Waals surface area contributed by atoms with Gasteiger partial charge in [0.1, 0.15) is 10.1 Å². The number of halogens is 2. The number of ether oxygens (including phenoxy) is 1. The predicted octanol–water partition coefficient (Wildman–Crippen LogP) is 7.97. The van der Waals surface area contributed by atoms with Gasteiger partial charge in [-0.3, -0.25) is 9.69 Å². The van der Waals surface area contributed by atoms with Gasteiger partial charge < -0.3 is 9.30 Å². The van der Waals surface area contributed by atoms with Crippen LogP contribution >= 0.6 is 47.2 Å². The van der Waals surface area contributed by atoms with Gasteiger partial charge in [-0.15, -0.1) is 0 Å². The van der Waals surface area contributed by atoms with E-state index >= 15 is 0 Å². The molecule has 2 heterocycles. The maximum Gasteiger partial charge on any atom is 0.266 e. The topological polar surface area (TPSA) is 34.5 Å². The van der Waals surface area contributed by atoms with Crippen LogP contribution in [0.3, 0.4) is 0 Å². The van der Waals surface area contributed by atoms with Gasteiger partial charge in [-0.25, -0.2) is 0 Å². The number of nitrogens with zero attached hydrogens (tertiary/aromatic N) is 2. The van der Waals surface area contributed by atoms with Crippen molar-refractivity contribution in [2.24, 2.45) is 0 Å². The number of aromatic nitrogens is 1. The van der Waals surface area contributed by atoms with Crippen LogP contribution in [-0.2, 0) is 24.3 Å². The number of hydrogen-bond acceptors (Lipinski definition) is 4. The quantitative estimate of drug-likeness (QED) is 0.168. The zero-order valence-electron chi connectivity index (χ0n) is 20.3. The second kappa shape index (κ2) is 10.9. The molecule has 3 aromatic carbocycles. The Hall–Kier alpha value is -2.77. The van der Waals surface area contributed by atoms with E-state index in [1.54, 1.807) is 12.0 Å². The van der Waals surface area contributed by atoms with E-state index in [1.807, 2.05) is 48.5 Å². The molecule has 1 fully saturated rings. The largest absolute Gasteiger partial charge is 0.497 e. The molecule has 1 saturated heterocycles. The van der Waals surface area contributed by atoms with Crippen molar-refractivity contribution in [3.8, 4) is 5.75 Å². The van der Waals surface area contributed by atoms with Crippen molar-refractivity contribution in [2.45, 2.75) is 26.4 Å². The lowest BCUT2D eigenvalue weighted by Gasteiger charge is -2.14. The Morgan fingerprint density at radius 2 is 1.76 bits per heavy atom. The maximum absolute atomic E-state index is 13.4. The first kappa shape index (κ1) is 25.9. The molecule has 4 aromatic rings. The van der Waals surface area contributed by atoms with Gasteiger partial charge in [-0.05, 0) is 53.5 Å². The van der Waals surface area contributed by atoms with E-state index in [4.69, 9.17) is 40.2 Å². The van der Waals surface area contributed by atoms with Crippen LogP contribution in [0.5, 0.6) is 5.75 Å². The Morgan fingerprint density at radius 3 is 2.46 bits per heavy atom. The molecule has 0 saturated carbocycles. The van der Waals surface area contributed by atoms with Crippen LogP contribution in [0.15, 0.2) is 71.8 Å². The van der Waals surface area contributed by atoms with Crippen molar-refractivity contribution in [1.82, 2.24) is 9.47 Å². The number of methoxy groups -OCH3 is 1. The highest BCUT2D eigenvalue weighted by Crippen LogP contribution is 2.36. The third-order valence-electron chi connectivity index (χ3n) is 6.39. The van der Waals surface area contributed by atoms with Crippen molar-refractivity contribution in [1.29, 1.82) is 0 Å². The van der Waals surface area contributed by atoms with E-state index in [0.717, 1.165) is 39.8 Å². The number of aryl methyl sites for hydroxylation is 1. The summed E-state index contributed by atoms with van der Waals surface area (Å²) < 4.78 is 8.01. The van der Waals surface area contributed by atoms with E-state index in [0.29, 0.717) is 32.4 Å². The number of rotatable bonds is 7. The lowest BCUT2D eigenvalue weighted by atomic mass is 10.1. The third-order valence-corrected chi connectivity index (χ3v) is 8.51. The predicted molar refractivity (Wildman–Crippen MR) is 159 cm³/mol. The molecule has 8 heteroatoms. The normalized spacial score (nSPS) is 14.8. The van der Waals surface area contributed by atoms with Gasteiger partial charge >= 0.3 is 0 Å². The molecule has 0 spiro atoms. The molecule has 0 aliphatic carbocycles. The fraction of sp³-hybridized carbons (Fsp3) is 0.172. The first-order chi connectivity index (χ1) is 17.9. The van der Waals surface area contributed by atoms with Crippen molar-refractivity contribution in [3.05, 3.63) is 104 Å². The lowest BCUT2D eigenvalue weighted by molar-refractivity contribution is -0.122. The van der Waals surface area contributed by atoms with Crippen LogP contribution in [-0.4, -0.2) is 26.8 Å². The number of para-hydroxylation sites is 1. The van der Waals surface area contributed by atoms with Crippen LogP contribution in [0, 0.1) is 0 Å². The fourth-order valence-corrected chi connectivity index (χ4v) is 6.08. The third kappa shape index (κ3) is 5.30. The molecular formula is C29H24Cl2N2O2S2. The Balaban J connectivity index is 1.49. The van der Waals surface area contributed by atoms with E-state index in [2.05, 4.69) is 35.9 Å². The summed E-state index contributed by atoms with van der Waals surface area (Å²) in [5, 5.41) is 2.17. The average Bonchev–Trinajstić information content (AvgIpc) is 3.38. The summed E-state index contributed by atoms with van der Waals surface area (Å²) in [7, 11) is 1.63. The lowest BCUT2D eigenvalue weighted by Crippen LogP contribution is -2.27. The first-order valence-corrected chi connectivity index (χ1v) is 13.8. The Morgan fingerprint density at radius 1 is 1.00 bits per heavy atom. The molecule has 37 heavy (non-hydrogen) atoms. The Bertz CT molecular complexity index is 1540. The SMILES string of the molecule is CCc1cccc2c(/C=C3\SC(=S)N(Cc4ccc(OC)cc4)C3=O)cn(Cc3ccc(Cl)c(Cl)c3)c12. The van der Waals surface area contributed by atoms with Crippen molar-refractivity contribution >= 4 is 74.4 Å². The molecule has 0 atom stereocenters. The van der Waals surface area contributed by atoms with Gasteiger partial charge in [-0.1, -0.05) is 90.5 Å². The molecule has 0 radical (unpaired) electrons.